The van der Waals surface area contributed by atoms with Crippen LogP contribution >= 0.6 is 15.9 Å². The predicted molar refractivity (Wildman–Crippen MR) is 123 cm³/mol. The molecule has 2 aromatic rings. The Hall–Kier alpha value is -2.31. The molecule has 0 aliphatic carbocycles. The molecule has 158 valence electrons. The molecule has 2 aliphatic rings. The van der Waals surface area contributed by atoms with E-state index in [4.69, 9.17) is 9.47 Å². The molecule has 0 aromatic heterocycles. The van der Waals surface area contributed by atoms with E-state index in [0.717, 1.165) is 53.1 Å². The first-order chi connectivity index (χ1) is 14.7. The maximum Gasteiger partial charge on any atom is 0.251 e. The largest absolute Gasteiger partial charge is 0.493 e. The van der Waals surface area contributed by atoms with Gasteiger partial charge in [-0.3, -0.25) is 9.69 Å². The van der Waals surface area contributed by atoms with Crippen molar-refractivity contribution in [3.63, 3.8) is 0 Å². The van der Waals surface area contributed by atoms with Crippen LogP contribution in [0.15, 0.2) is 46.9 Å². The highest BCUT2D eigenvalue weighted by Crippen LogP contribution is 2.39. The van der Waals surface area contributed by atoms with Crippen LogP contribution in [0.2, 0.25) is 0 Å². The standard InChI is InChI=1S/C24H27BrN2O3/c1-29-22-16-19-10-13-27(24(28)9-8-18-6-2-3-7-20(18)25)21(19)17-23(22)30-15-14-26-11-4-5-12-26/h2-3,6-9,16-17H,4-5,10-15H2,1H3/b9-8+. The molecule has 0 atom stereocenters. The molecule has 0 saturated carbocycles. The van der Waals surface area contributed by atoms with Gasteiger partial charge in [-0.25, -0.2) is 0 Å². The van der Waals surface area contributed by atoms with Crippen LogP contribution in [-0.4, -0.2) is 50.7 Å². The van der Waals surface area contributed by atoms with Crippen LogP contribution in [0.1, 0.15) is 24.0 Å². The van der Waals surface area contributed by atoms with E-state index < -0.39 is 0 Å². The van der Waals surface area contributed by atoms with Crippen LogP contribution in [0.5, 0.6) is 11.5 Å². The summed E-state index contributed by atoms with van der Waals surface area (Å²) in [6.07, 6.45) is 6.84. The minimum atomic E-state index is -0.0299. The Bertz CT molecular complexity index is 938. The van der Waals surface area contributed by atoms with Crippen molar-refractivity contribution >= 4 is 33.6 Å². The molecular formula is C24H27BrN2O3. The number of halogens is 1. The van der Waals surface area contributed by atoms with E-state index in [9.17, 15) is 4.79 Å². The Labute approximate surface area is 186 Å². The van der Waals surface area contributed by atoms with Crippen LogP contribution in [-0.2, 0) is 11.2 Å². The van der Waals surface area contributed by atoms with E-state index in [1.807, 2.05) is 47.4 Å². The summed E-state index contributed by atoms with van der Waals surface area (Å²) in [4.78, 5) is 17.1. The van der Waals surface area contributed by atoms with Crippen LogP contribution in [0, 0.1) is 0 Å². The number of ether oxygens (including phenoxy) is 2. The molecule has 0 spiro atoms. The van der Waals surface area contributed by atoms with Gasteiger partial charge in [0.15, 0.2) is 11.5 Å². The van der Waals surface area contributed by atoms with Gasteiger partial charge in [-0.1, -0.05) is 34.1 Å². The van der Waals surface area contributed by atoms with Gasteiger partial charge in [-0.2, -0.15) is 0 Å². The number of rotatable bonds is 7. The number of amides is 1. The highest BCUT2D eigenvalue weighted by atomic mass is 79.9. The zero-order valence-electron chi connectivity index (χ0n) is 17.3. The fraction of sp³-hybridized carbons (Fsp3) is 0.375. The fourth-order valence-electron chi connectivity index (χ4n) is 4.05. The summed E-state index contributed by atoms with van der Waals surface area (Å²) in [6.45, 7) is 4.49. The van der Waals surface area contributed by atoms with Gasteiger partial charge in [0, 0.05) is 29.7 Å². The Morgan fingerprint density at radius 3 is 2.70 bits per heavy atom. The number of methoxy groups -OCH3 is 1. The molecule has 1 amide bonds. The quantitative estimate of drug-likeness (QED) is 0.557. The second kappa shape index (κ2) is 9.67. The maximum absolute atomic E-state index is 12.9. The lowest BCUT2D eigenvalue weighted by Crippen LogP contribution is -2.27. The Morgan fingerprint density at radius 2 is 1.93 bits per heavy atom. The number of carbonyl (C=O) groups is 1. The predicted octanol–water partition coefficient (Wildman–Crippen LogP) is 4.53. The van der Waals surface area contributed by atoms with E-state index in [2.05, 4.69) is 20.8 Å². The molecule has 2 heterocycles. The number of nitrogens with zero attached hydrogens (tertiary/aromatic N) is 2. The Morgan fingerprint density at radius 1 is 1.13 bits per heavy atom. The molecule has 6 heteroatoms. The summed E-state index contributed by atoms with van der Waals surface area (Å²) in [5.74, 6) is 1.40. The third-order valence-corrected chi connectivity index (χ3v) is 6.42. The SMILES string of the molecule is COc1cc2c(cc1OCCN1CCCC1)N(C(=O)/C=C/c1ccccc1Br)CC2. The molecule has 5 nitrogen and oxygen atoms in total. The number of hydrogen-bond acceptors (Lipinski definition) is 4. The molecule has 4 rings (SSSR count). The summed E-state index contributed by atoms with van der Waals surface area (Å²) in [7, 11) is 1.66. The molecule has 0 radical (unpaired) electrons. The van der Waals surface area contributed by atoms with Crippen molar-refractivity contribution in [1.29, 1.82) is 0 Å². The van der Waals surface area contributed by atoms with E-state index >= 15 is 0 Å². The monoisotopic (exact) mass is 470 g/mol. The lowest BCUT2D eigenvalue weighted by Gasteiger charge is -2.19. The number of anilines is 1. The van der Waals surface area contributed by atoms with Gasteiger partial charge >= 0.3 is 0 Å². The van der Waals surface area contributed by atoms with Crippen molar-refractivity contribution < 1.29 is 14.3 Å². The number of likely N-dealkylation sites (tertiary alicyclic amines) is 1. The third-order valence-electron chi connectivity index (χ3n) is 5.70. The van der Waals surface area contributed by atoms with Crippen LogP contribution in [0.3, 0.4) is 0 Å². The smallest absolute Gasteiger partial charge is 0.251 e. The third kappa shape index (κ3) is 4.71. The molecule has 2 aromatic carbocycles. The van der Waals surface area contributed by atoms with Crippen molar-refractivity contribution in [2.75, 3.05) is 44.8 Å². The fourth-order valence-corrected chi connectivity index (χ4v) is 4.47. The summed E-state index contributed by atoms with van der Waals surface area (Å²) < 4.78 is 12.6. The summed E-state index contributed by atoms with van der Waals surface area (Å²) in [6, 6.07) is 11.8. The molecule has 0 N–H and O–H groups in total. The van der Waals surface area contributed by atoms with Crippen LogP contribution in [0.25, 0.3) is 6.08 Å². The van der Waals surface area contributed by atoms with Crippen LogP contribution < -0.4 is 14.4 Å². The van der Waals surface area contributed by atoms with E-state index in [0.29, 0.717) is 18.9 Å². The van der Waals surface area contributed by atoms with Gasteiger partial charge in [0.05, 0.1) is 12.8 Å². The molecule has 30 heavy (non-hydrogen) atoms. The number of benzene rings is 2. The first-order valence-electron chi connectivity index (χ1n) is 10.5. The number of hydrogen-bond donors (Lipinski definition) is 0. The molecular weight excluding hydrogens is 444 g/mol. The van der Waals surface area contributed by atoms with Gasteiger partial charge in [0.25, 0.3) is 5.91 Å². The number of carbonyl (C=O) groups excluding carboxylic acids is 1. The van der Waals surface area contributed by atoms with Crippen molar-refractivity contribution in [3.05, 3.63) is 58.1 Å². The van der Waals surface area contributed by atoms with Crippen molar-refractivity contribution in [2.45, 2.75) is 19.3 Å². The topological polar surface area (TPSA) is 42.0 Å². The summed E-state index contributed by atoms with van der Waals surface area (Å²) in [5, 5.41) is 0. The Kier molecular flexibility index (Phi) is 6.75. The zero-order chi connectivity index (χ0) is 20.9. The van der Waals surface area contributed by atoms with Crippen molar-refractivity contribution in [2.24, 2.45) is 0 Å². The molecule has 1 fully saturated rings. The first-order valence-corrected chi connectivity index (χ1v) is 11.2. The minimum absolute atomic E-state index is 0.0299. The average molecular weight is 471 g/mol. The van der Waals surface area contributed by atoms with E-state index in [-0.39, 0.29) is 5.91 Å². The minimum Gasteiger partial charge on any atom is -0.493 e. The van der Waals surface area contributed by atoms with Crippen LogP contribution in [0.4, 0.5) is 5.69 Å². The molecule has 2 aliphatic heterocycles. The van der Waals surface area contributed by atoms with Gasteiger partial charge < -0.3 is 14.4 Å². The molecule has 1 saturated heterocycles. The average Bonchev–Trinajstić information content (AvgIpc) is 3.42. The van der Waals surface area contributed by atoms with E-state index in [1.54, 1.807) is 13.2 Å². The van der Waals surface area contributed by atoms with Gasteiger partial charge in [-0.15, -0.1) is 0 Å². The normalized spacial score (nSPS) is 16.3. The first kappa shape index (κ1) is 20.9. The second-order valence-electron chi connectivity index (χ2n) is 7.62. The van der Waals surface area contributed by atoms with Gasteiger partial charge in [0.2, 0.25) is 0 Å². The highest BCUT2D eigenvalue weighted by Gasteiger charge is 2.26. The number of fused-ring (bicyclic) bond motifs is 1. The summed E-state index contributed by atoms with van der Waals surface area (Å²) >= 11 is 3.52. The lowest BCUT2D eigenvalue weighted by atomic mass is 10.1. The Balaban J connectivity index is 1.48. The zero-order valence-corrected chi connectivity index (χ0v) is 18.9. The summed E-state index contributed by atoms with van der Waals surface area (Å²) in [5.41, 5.74) is 3.00. The highest BCUT2D eigenvalue weighted by molar-refractivity contribution is 9.10. The molecule has 0 unspecified atom stereocenters. The van der Waals surface area contributed by atoms with Gasteiger partial charge in [0.1, 0.15) is 6.61 Å². The van der Waals surface area contributed by atoms with Crippen molar-refractivity contribution in [1.82, 2.24) is 4.90 Å². The maximum atomic E-state index is 12.9. The molecule has 0 bridgehead atoms. The van der Waals surface area contributed by atoms with Gasteiger partial charge in [-0.05, 0) is 61.7 Å². The lowest BCUT2D eigenvalue weighted by molar-refractivity contribution is -0.114. The second-order valence-corrected chi connectivity index (χ2v) is 8.48. The van der Waals surface area contributed by atoms with E-state index in [1.165, 1.54) is 12.8 Å². The van der Waals surface area contributed by atoms with Crippen molar-refractivity contribution in [3.8, 4) is 11.5 Å².